The lowest BCUT2D eigenvalue weighted by Gasteiger charge is -2.24. The molecule has 1 aliphatic rings. The molecule has 1 rings (SSSR count). The van der Waals surface area contributed by atoms with Gasteiger partial charge in [0.15, 0.2) is 0 Å². The Balaban J connectivity index is 2.32. The first-order valence-electron chi connectivity index (χ1n) is 4.32. The Bertz CT molecular complexity index is 106. The van der Waals surface area contributed by atoms with Crippen LogP contribution in [-0.2, 0) is 0 Å². The van der Waals surface area contributed by atoms with Gasteiger partial charge in [0, 0.05) is 32.2 Å². The SMILES string of the molecule is CNCC1CC[N]CCN1C. The van der Waals surface area contributed by atoms with E-state index in [-0.39, 0.29) is 0 Å². The third kappa shape index (κ3) is 2.77. The fourth-order valence-electron chi connectivity index (χ4n) is 1.48. The number of rotatable bonds is 2. The van der Waals surface area contributed by atoms with Gasteiger partial charge >= 0.3 is 0 Å². The van der Waals surface area contributed by atoms with E-state index in [0.29, 0.717) is 6.04 Å². The van der Waals surface area contributed by atoms with Crippen molar-refractivity contribution < 1.29 is 0 Å². The molecular formula is C8H18N3. The fourth-order valence-corrected chi connectivity index (χ4v) is 1.48. The second-order valence-corrected chi connectivity index (χ2v) is 3.15. The predicted molar refractivity (Wildman–Crippen MR) is 46.8 cm³/mol. The van der Waals surface area contributed by atoms with Gasteiger partial charge in [0.25, 0.3) is 0 Å². The van der Waals surface area contributed by atoms with Crippen molar-refractivity contribution in [1.29, 1.82) is 0 Å². The Hall–Kier alpha value is -0.120. The molecule has 1 aliphatic heterocycles. The Labute approximate surface area is 69.1 Å². The molecule has 0 aliphatic carbocycles. The highest BCUT2D eigenvalue weighted by molar-refractivity contribution is 4.75. The van der Waals surface area contributed by atoms with Crippen LogP contribution in [0, 0.1) is 0 Å². The molecule has 1 saturated heterocycles. The summed E-state index contributed by atoms with van der Waals surface area (Å²) in [6.45, 7) is 4.26. The predicted octanol–water partition coefficient (Wildman–Crippen LogP) is -0.486. The summed E-state index contributed by atoms with van der Waals surface area (Å²) in [5.74, 6) is 0. The van der Waals surface area contributed by atoms with Crippen molar-refractivity contribution in [1.82, 2.24) is 15.5 Å². The lowest BCUT2D eigenvalue weighted by Crippen LogP contribution is -2.39. The molecule has 1 N–H and O–H groups in total. The molecule has 0 saturated carbocycles. The summed E-state index contributed by atoms with van der Waals surface area (Å²) < 4.78 is 0. The first kappa shape index (κ1) is 8.97. The van der Waals surface area contributed by atoms with Crippen molar-refractivity contribution in [3.63, 3.8) is 0 Å². The maximum atomic E-state index is 4.38. The summed E-state index contributed by atoms with van der Waals surface area (Å²) >= 11 is 0. The number of likely N-dealkylation sites (N-methyl/N-ethyl adjacent to an activating group) is 2. The standard InChI is InChI=1S/C8H18N3/c1-9-7-8-3-4-10-5-6-11(8)2/h8-9H,3-7H2,1-2H3. The lowest BCUT2D eigenvalue weighted by molar-refractivity contribution is 0.250. The molecule has 1 atom stereocenters. The van der Waals surface area contributed by atoms with Gasteiger partial charge < -0.3 is 10.2 Å². The molecular weight excluding hydrogens is 138 g/mol. The van der Waals surface area contributed by atoms with Crippen LogP contribution in [0.2, 0.25) is 0 Å². The van der Waals surface area contributed by atoms with Crippen LogP contribution < -0.4 is 10.6 Å². The molecule has 0 aromatic rings. The van der Waals surface area contributed by atoms with Gasteiger partial charge in [-0.25, -0.2) is 5.32 Å². The van der Waals surface area contributed by atoms with Crippen LogP contribution in [-0.4, -0.2) is 51.2 Å². The van der Waals surface area contributed by atoms with Gasteiger partial charge in [0.05, 0.1) is 0 Å². The van der Waals surface area contributed by atoms with Gasteiger partial charge in [0.2, 0.25) is 0 Å². The van der Waals surface area contributed by atoms with Gasteiger partial charge in [-0.2, -0.15) is 0 Å². The van der Waals surface area contributed by atoms with E-state index in [1.165, 1.54) is 6.42 Å². The monoisotopic (exact) mass is 156 g/mol. The molecule has 1 radical (unpaired) electrons. The van der Waals surface area contributed by atoms with Gasteiger partial charge in [0.1, 0.15) is 0 Å². The zero-order valence-corrected chi connectivity index (χ0v) is 7.51. The van der Waals surface area contributed by atoms with Crippen molar-refractivity contribution >= 4 is 0 Å². The fraction of sp³-hybridized carbons (Fsp3) is 1.00. The third-order valence-corrected chi connectivity index (χ3v) is 2.29. The molecule has 1 heterocycles. The lowest BCUT2D eigenvalue weighted by atomic mass is 10.2. The minimum absolute atomic E-state index is 0.686. The van der Waals surface area contributed by atoms with E-state index in [1.54, 1.807) is 0 Å². The highest BCUT2D eigenvalue weighted by Gasteiger charge is 2.15. The Morgan fingerprint density at radius 2 is 2.36 bits per heavy atom. The summed E-state index contributed by atoms with van der Waals surface area (Å²) in [4.78, 5) is 2.40. The highest BCUT2D eigenvalue weighted by Crippen LogP contribution is 2.02. The molecule has 3 nitrogen and oxygen atoms in total. The van der Waals surface area contributed by atoms with Crippen molar-refractivity contribution in [3.05, 3.63) is 0 Å². The molecule has 0 spiro atoms. The minimum Gasteiger partial charge on any atom is -0.318 e. The maximum absolute atomic E-state index is 4.38. The molecule has 11 heavy (non-hydrogen) atoms. The molecule has 0 amide bonds. The van der Waals surface area contributed by atoms with Crippen molar-refractivity contribution in [2.45, 2.75) is 12.5 Å². The van der Waals surface area contributed by atoms with Gasteiger partial charge in [-0.3, -0.25) is 0 Å². The van der Waals surface area contributed by atoms with E-state index >= 15 is 0 Å². The van der Waals surface area contributed by atoms with Gasteiger partial charge in [-0.15, -0.1) is 0 Å². The van der Waals surface area contributed by atoms with E-state index in [9.17, 15) is 0 Å². The number of hydrogen-bond acceptors (Lipinski definition) is 2. The molecule has 3 heteroatoms. The summed E-state index contributed by atoms with van der Waals surface area (Å²) in [6.07, 6.45) is 1.21. The van der Waals surface area contributed by atoms with Gasteiger partial charge in [-0.1, -0.05) is 0 Å². The average Bonchev–Trinajstić information content (AvgIpc) is 2.18. The second-order valence-electron chi connectivity index (χ2n) is 3.15. The van der Waals surface area contributed by atoms with Crippen LogP contribution in [0.4, 0.5) is 0 Å². The minimum atomic E-state index is 0.686. The third-order valence-electron chi connectivity index (χ3n) is 2.29. The Kier molecular flexibility index (Phi) is 3.83. The summed E-state index contributed by atoms with van der Waals surface area (Å²) in [7, 11) is 4.19. The van der Waals surface area contributed by atoms with Gasteiger partial charge in [-0.05, 0) is 20.5 Å². The highest BCUT2D eigenvalue weighted by atomic mass is 15.2. The van der Waals surface area contributed by atoms with Crippen molar-refractivity contribution in [3.8, 4) is 0 Å². The average molecular weight is 156 g/mol. The first-order chi connectivity index (χ1) is 5.34. The van der Waals surface area contributed by atoms with E-state index < -0.39 is 0 Å². The van der Waals surface area contributed by atoms with Crippen LogP contribution in [0.25, 0.3) is 0 Å². The summed E-state index contributed by atoms with van der Waals surface area (Å²) in [5.41, 5.74) is 0. The van der Waals surface area contributed by atoms with Crippen LogP contribution >= 0.6 is 0 Å². The maximum Gasteiger partial charge on any atom is 0.0261 e. The van der Waals surface area contributed by atoms with Crippen LogP contribution in [0.5, 0.6) is 0 Å². The van der Waals surface area contributed by atoms with Crippen molar-refractivity contribution in [2.24, 2.45) is 0 Å². The molecule has 65 valence electrons. The largest absolute Gasteiger partial charge is 0.318 e. The molecule has 0 bridgehead atoms. The normalized spacial score (nSPS) is 28.4. The smallest absolute Gasteiger partial charge is 0.0261 e. The number of nitrogens with one attached hydrogen (secondary N) is 1. The number of hydrogen-bond donors (Lipinski definition) is 1. The van der Waals surface area contributed by atoms with Crippen LogP contribution in [0.15, 0.2) is 0 Å². The van der Waals surface area contributed by atoms with E-state index in [1.807, 2.05) is 7.05 Å². The van der Waals surface area contributed by atoms with E-state index in [0.717, 1.165) is 26.2 Å². The number of nitrogens with zero attached hydrogens (tertiary/aromatic N) is 2. The molecule has 0 aromatic heterocycles. The first-order valence-corrected chi connectivity index (χ1v) is 4.32. The zero-order chi connectivity index (χ0) is 8.10. The van der Waals surface area contributed by atoms with Crippen LogP contribution in [0.3, 0.4) is 0 Å². The molecule has 1 unspecified atom stereocenters. The van der Waals surface area contributed by atoms with E-state index in [4.69, 9.17) is 0 Å². The summed E-state index contributed by atoms with van der Waals surface area (Å²) in [5, 5.41) is 7.60. The van der Waals surface area contributed by atoms with Crippen LogP contribution in [0.1, 0.15) is 6.42 Å². The Morgan fingerprint density at radius 1 is 1.55 bits per heavy atom. The van der Waals surface area contributed by atoms with Crippen molar-refractivity contribution in [2.75, 3.05) is 40.3 Å². The topological polar surface area (TPSA) is 29.4 Å². The summed E-state index contributed by atoms with van der Waals surface area (Å²) in [6, 6.07) is 0.686. The van der Waals surface area contributed by atoms with E-state index in [2.05, 4.69) is 22.6 Å². The molecule has 1 fully saturated rings. The quantitative estimate of drug-likeness (QED) is 0.585. The Morgan fingerprint density at radius 3 is 3.09 bits per heavy atom. The molecule has 0 aromatic carbocycles. The second kappa shape index (κ2) is 4.70. The zero-order valence-electron chi connectivity index (χ0n) is 7.51.